The number of benzene rings is 1. The van der Waals surface area contributed by atoms with E-state index in [1.54, 1.807) is 6.20 Å². The average molecular weight is 312 g/mol. The van der Waals surface area contributed by atoms with Crippen molar-refractivity contribution in [3.05, 3.63) is 54.1 Å². The lowest BCUT2D eigenvalue weighted by Gasteiger charge is -2.25. The standard InChI is InChI=1S/C18H24N4O/c19-17-3-1-2-16(10-17)18(23)21-11-14-4-6-15(7-5-14)12-22-9-8-20-13-22/h4-9,13,16-17H,1-3,10-12,19H2,(H,21,23). The molecule has 5 heteroatoms. The van der Waals surface area contributed by atoms with E-state index in [0.717, 1.165) is 37.8 Å². The SMILES string of the molecule is NC1CCCC(C(=O)NCc2ccc(Cn3ccnc3)cc2)C1. The number of aromatic nitrogens is 2. The molecule has 0 spiro atoms. The number of hydrogen-bond acceptors (Lipinski definition) is 3. The molecule has 2 aromatic rings. The highest BCUT2D eigenvalue weighted by Crippen LogP contribution is 2.23. The fraction of sp³-hybridized carbons (Fsp3) is 0.444. The maximum absolute atomic E-state index is 12.2. The highest BCUT2D eigenvalue weighted by molar-refractivity contribution is 5.78. The van der Waals surface area contributed by atoms with Gasteiger partial charge in [0.2, 0.25) is 5.91 Å². The van der Waals surface area contributed by atoms with Crippen LogP contribution in [0.4, 0.5) is 0 Å². The number of nitrogens with two attached hydrogens (primary N) is 1. The second kappa shape index (κ2) is 7.42. The van der Waals surface area contributed by atoms with Crippen molar-refractivity contribution in [1.29, 1.82) is 0 Å². The van der Waals surface area contributed by atoms with E-state index in [9.17, 15) is 4.79 Å². The van der Waals surface area contributed by atoms with Gasteiger partial charge in [0.05, 0.1) is 6.33 Å². The van der Waals surface area contributed by atoms with E-state index < -0.39 is 0 Å². The van der Waals surface area contributed by atoms with Crippen molar-refractivity contribution < 1.29 is 4.79 Å². The lowest BCUT2D eigenvalue weighted by Crippen LogP contribution is -2.37. The highest BCUT2D eigenvalue weighted by atomic mass is 16.1. The molecule has 1 aromatic carbocycles. The fourth-order valence-electron chi connectivity index (χ4n) is 3.15. The van der Waals surface area contributed by atoms with Crippen molar-refractivity contribution >= 4 is 5.91 Å². The van der Waals surface area contributed by atoms with Gasteiger partial charge in [-0.05, 0) is 30.4 Å². The molecular weight excluding hydrogens is 288 g/mol. The molecule has 0 radical (unpaired) electrons. The van der Waals surface area contributed by atoms with Crippen LogP contribution in [0.1, 0.15) is 36.8 Å². The number of amides is 1. The summed E-state index contributed by atoms with van der Waals surface area (Å²) in [7, 11) is 0. The van der Waals surface area contributed by atoms with Gasteiger partial charge in [-0.2, -0.15) is 0 Å². The molecule has 1 aliphatic carbocycles. The molecule has 1 fully saturated rings. The molecule has 23 heavy (non-hydrogen) atoms. The van der Waals surface area contributed by atoms with Crippen LogP contribution in [0.15, 0.2) is 43.0 Å². The predicted octanol–water partition coefficient (Wildman–Crippen LogP) is 2.07. The van der Waals surface area contributed by atoms with Crippen LogP contribution in [0.3, 0.4) is 0 Å². The normalized spacial score (nSPS) is 21.1. The third-order valence-electron chi connectivity index (χ3n) is 4.50. The molecule has 0 bridgehead atoms. The van der Waals surface area contributed by atoms with Crippen LogP contribution < -0.4 is 11.1 Å². The van der Waals surface area contributed by atoms with E-state index in [2.05, 4.69) is 34.6 Å². The van der Waals surface area contributed by atoms with Gasteiger partial charge in [-0.25, -0.2) is 4.98 Å². The highest BCUT2D eigenvalue weighted by Gasteiger charge is 2.24. The van der Waals surface area contributed by atoms with Crippen LogP contribution in [0.25, 0.3) is 0 Å². The average Bonchev–Trinajstić information content (AvgIpc) is 3.07. The van der Waals surface area contributed by atoms with Crippen molar-refractivity contribution in [3.63, 3.8) is 0 Å². The Bertz CT molecular complexity index is 621. The van der Waals surface area contributed by atoms with Crippen LogP contribution in [0.5, 0.6) is 0 Å². The van der Waals surface area contributed by atoms with Crippen molar-refractivity contribution in [1.82, 2.24) is 14.9 Å². The molecule has 0 aliphatic heterocycles. The minimum absolute atomic E-state index is 0.0827. The molecule has 1 saturated carbocycles. The summed E-state index contributed by atoms with van der Waals surface area (Å²) >= 11 is 0. The molecule has 2 atom stereocenters. The van der Waals surface area contributed by atoms with Crippen molar-refractivity contribution in [2.24, 2.45) is 11.7 Å². The number of nitrogens with zero attached hydrogens (tertiary/aromatic N) is 2. The van der Waals surface area contributed by atoms with Crippen LogP contribution in [0.2, 0.25) is 0 Å². The Morgan fingerprint density at radius 1 is 1.26 bits per heavy atom. The molecule has 1 aliphatic rings. The summed E-state index contributed by atoms with van der Waals surface area (Å²) in [6, 6.07) is 8.51. The molecular formula is C18H24N4O. The first-order valence-corrected chi connectivity index (χ1v) is 8.27. The van der Waals surface area contributed by atoms with Gasteiger partial charge in [-0.3, -0.25) is 4.79 Å². The summed E-state index contributed by atoms with van der Waals surface area (Å²) in [6.45, 7) is 1.39. The van der Waals surface area contributed by atoms with Gasteiger partial charge in [-0.1, -0.05) is 30.7 Å². The Balaban J connectivity index is 1.49. The van der Waals surface area contributed by atoms with E-state index in [1.165, 1.54) is 5.56 Å². The van der Waals surface area contributed by atoms with E-state index >= 15 is 0 Å². The van der Waals surface area contributed by atoms with Crippen molar-refractivity contribution in [2.45, 2.75) is 44.8 Å². The lowest BCUT2D eigenvalue weighted by atomic mass is 9.85. The van der Waals surface area contributed by atoms with E-state index in [-0.39, 0.29) is 17.9 Å². The van der Waals surface area contributed by atoms with Crippen LogP contribution >= 0.6 is 0 Å². The number of carbonyl (C=O) groups excluding carboxylic acids is 1. The van der Waals surface area contributed by atoms with Crippen LogP contribution in [-0.4, -0.2) is 21.5 Å². The number of nitrogens with one attached hydrogen (secondary N) is 1. The van der Waals surface area contributed by atoms with E-state index in [0.29, 0.717) is 6.54 Å². The first-order valence-electron chi connectivity index (χ1n) is 8.27. The largest absolute Gasteiger partial charge is 0.352 e. The molecule has 0 saturated heterocycles. The van der Waals surface area contributed by atoms with Crippen molar-refractivity contribution in [2.75, 3.05) is 0 Å². The lowest BCUT2D eigenvalue weighted by molar-refractivity contribution is -0.126. The quantitative estimate of drug-likeness (QED) is 0.887. The number of imidazole rings is 1. The first kappa shape index (κ1) is 15.7. The summed E-state index contributed by atoms with van der Waals surface area (Å²) in [4.78, 5) is 16.3. The van der Waals surface area contributed by atoms with Gasteiger partial charge in [0.25, 0.3) is 0 Å². The maximum atomic E-state index is 12.2. The summed E-state index contributed by atoms with van der Waals surface area (Å²) in [6.07, 6.45) is 9.41. The van der Waals surface area contributed by atoms with Gasteiger partial charge in [0.15, 0.2) is 0 Å². The van der Waals surface area contributed by atoms with Gasteiger partial charge in [0.1, 0.15) is 0 Å². The topological polar surface area (TPSA) is 72.9 Å². The van der Waals surface area contributed by atoms with Gasteiger partial charge < -0.3 is 15.6 Å². The molecule has 2 unspecified atom stereocenters. The zero-order valence-corrected chi connectivity index (χ0v) is 13.3. The fourth-order valence-corrected chi connectivity index (χ4v) is 3.15. The Kier molecular flexibility index (Phi) is 5.08. The second-order valence-electron chi connectivity index (χ2n) is 6.39. The first-order chi connectivity index (χ1) is 11.2. The van der Waals surface area contributed by atoms with Gasteiger partial charge >= 0.3 is 0 Å². The Hall–Kier alpha value is -2.14. The monoisotopic (exact) mass is 312 g/mol. The van der Waals surface area contributed by atoms with E-state index in [1.807, 2.05) is 17.1 Å². The smallest absolute Gasteiger partial charge is 0.223 e. The number of hydrogen-bond donors (Lipinski definition) is 2. The molecule has 1 heterocycles. The van der Waals surface area contributed by atoms with Crippen molar-refractivity contribution in [3.8, 4) is 0 Å². The molecule has 5 nitrogen and oxygen atoms in total. The number of rotatable bonds is 5. The third-order valence-corrected chi connectivity index (χ3v) is 4.50. The minimum Gasteiger partial charge on any atom is -0.352 e. The second-order valence-corrected chi connectivity index (χ2v) is 6.39. The summed E-state index contributed by atoms with van der Waals surface area (Å²) in [5.74, 6) is 0.224. The molecule has 3 rings (SSSR count). The van der Waals surface area contributed by atoms with E-state index in [4.69, 9.17) is 5.73 Å². The Labute approximate surface area is 136 Å². The molecule has 1 aromatic heterocycles. The minimum atomic E-state index is 0.0827. The van der Waals surface area contributed by atoms with Gasteiger partial charge in [0, 0.05) is 37.4 Å². The summed E-state index contributed by atoms with van der Waals surface area (Å²) < 4.78 is 2.03. The third kappa shape index (κ3) is 4.42. The summed E-state index contributed by atoms with van der Waals surface area (Å²) in [5, 5.41) is 3.04. The Morgan fingerprint density at radius 2 is 2.04 bits per heavy atom. The molecule has 3 N–H and O–H groups in total. The predicted molar refractivity (Wildman–Crippen MR) is 89.6 cm³/mol. The molecule has 122 valence electrons. The zero-order chi connectivity index (χ0) is 16.1. The van der Waals surface area contributed by atoms with Gasteiger partial charge in [-0.15, -0.1) is 0 Å². The molecule has 1 amide bonds. The van der Waals surface area contributed by atoms with Crippen LogP contribution in [-0.2, 0) is 17.9 Å². The van der Waals surface area contributed by atoms with Crippen LogP contribution in [0, 0.1) is 5.92 Å². The summed E-state index contributed by atoms with van der Waals surface area (Å²) in [5.41, 5.74) is 8.29. The zero-order valence-electron chi connectivity index (χ0n) is 13.3. The number of carbonyl (C=O) groups is 1. The Morgan fingerprint density at radius 3 is 2.74 bits per heavy atom. The maximum Gasteiger partial charge on any atom is 0.223 e.